The molecule has 0 radical (unpaired) electrons. The minimum atomic E-state index is -2.10. The molecule has 2 amide bonds. The first-order valence-corrected chi connectivity index (χ1v) is 19.0. The van der Waals surface area contributed by atoms with E-state index in [-0.39, 0.29) is 48.1 Å². The smallest absolute Gasteiger partial charge is 0.296 e. The van der Waals surface area contributed by atoms with Gasteiger partial charge in [0.2, 0.25) is 11.7 Å². The Labute approximate surface area is 276 Å². The van der Waals surface area contributed by atoms with E-state index in [2.05, 4.69) is 44.2 Å². The van der Waals surface area contributed by atoms with E-state index < -0.39 is 31.2 Å². The molecule has 252 valence electrons. The molecule has 12 heteroatoms. The number of carbonyl (C=O) groups excluding carboxylic acids is 2. The number of hydrogen-bond donors (Lipinski definition) is 1. The lowest BCUT2D eigenvalue weighted by molar-refractivity contribution is -0.117. The Morgan fingerprint density at radius 2 is 1.87 bits per heavy atom. The molecule has 1 aromatic heterocycles. The lowest BCUT2D eigenvalue weighted by Gasteiger charge is -2.38. The summed E-state index contributed by atoms with van der Waals surface area (Å²) in [5, 5.41) is 2.84. The van der Waals surface area contributed by atoms with Crippen molar-refractivity contribution in [3.8, 4) is 5.75 Å². The van der Waals surface area contributed by atoms with Gasteiger partial charge in [0, 0.05) is 13.0 Å². The lowest BCUT2D eigenvalue weighted by Crippen LogP contribution is -2.45. The van der Waals surface area contributed by atoms with Crippen LogP contribution in [0.3, 0.4) is 0 Å². The average Bonchev–Trinajstić information content (AvgIpc) is 3.38. The van der Waals surface area contributed by atoms with Crippen LogP contribution in [0, 0.1) is 5.82 Å². The van der Waals surface area contributed by atoms with Crippen LogP contribution in [0.25, 0.3) is 0 Å². The maximum absolute atomic E-state index is 14.7. The highest BCUT2D eigenvalue weighted by molar-refractivity contribution is 6.74. The SMILES string of the molecule is CC1(C)OCCn2c1nc(C(=O)NCc1ccc(F)cc1N1C(=O)CC[C@H]1CO[Si](C)(C)C(C)(C)C)c(OCc1ccccc1)c2=O. The molecule has 2 aromatic carbocycles. The molecular weight excluding hydrogens is 619 g/mol. The Morgan fingerprint density at radius 3 is 2.57 bits per heavy atom. The maximum atomic E-state index is 14.7. The quantitative estimate of drug-likeness (QED) is 0.278. The largest absolute Gasteiger partial charge is 0.481 e. The molecule has 3 aromatic rings. The van der Waals surface area contributed by atoms with Crippen molar-refractivity contribution in [2.75, 3.05) is 18.1 Å². The van der Waals surface area contributed by atoms with Gasteiger partial charge in [-0.2, -0.15) is 0 Å². The molecule has 3 heterocycles. The molecule has 2 aliphatic rings. The number of rotatable bonds is 10. The van der Waals surface area contributed by atoms with Gasteiger partial charge in [0.25, 0.3) is 11.5 Å². The number of nitrogens with zero attached hydrogens (tertiary/aromatic N) is 3. The number of ether oxygens (including phenoxy) is 2. The van der Waals surface area contributed by atoms with E-state index >= 15 is 0 Å². The maximum Gasteiger partial charge on any atom is 0.296 e. The molecule has 1 saturated heterocycles. The summed E-state index contributed by atoms with van der Waals surface area (Å²) in [6.07, 6.45) is 0.898. The van der Waals surface area contributed by atoms with Crippen LogP contribution >= 0.6 is 0 Å². The number of amides is 2. The monoisotopic (exact) mass is 664 g/mol. The predicted octanol–water partition coefficient (Wildman–Crippen LogP) is 5.67. The summed E-state index contributed by atoms with van der Waals surface area (Å²) < 4.78 is 34.5. The first-order valence-electron chi connectivity index (χ1n) is 16.1. The van der Waals surface area contributed by atoms with E-state index in [4.69, 9.17) is 13.9 Å². The van der Waals surface area contributed by atoms with Crippen LogP contribution in [0.15, 0.2) is 53.3 Å². The van der Waals surface area contributed by atoms with Crippen molar-refractivity contribution in [2.24, 2.45) is 0 Å². The molecule has 0 unspecified atom stereocenters. The number of halogens is 1. The Balaban J connectivity index is 1.43. The van der Waals surface area contributed by atoms with Gasteiger partial charge in [-0.15, -0.1) is 0 Å². The Bertz CT molecular complexity index is 1700. The standard InChI is InChI=1S/C35H45FN4O6Si/c1-34(2,3)47(6,7)46-22-26-15-16-28(41)40(26)27-19-25(36)14-13-24(27)20-37-31(42)29-30(44-21-23-11-9-8-10-12-23)32(43)39-17-18-45-35(4,5)33(39)38-29/h8-14,19,26H,15-18,20-22H2,1-7H3,(H,37,42)/t26-/m0/s1. The van der Waals surface area contributed by atoms with Gasteiger partial charge < -0.3 is 24.1 Å². The van der Waals surface area contributed by atoms with Crippen LogP contribution in [0.2, 0.25) is 18.1 Å². The van der Waals surface area contributed by atoms with Crippen molar-refractivity contribution in [3.05, 3.63) is 87.3 Å². The Hall–Kier alpha value is -3.87. The van der Waals surface area contributed by atoms with Crippen LogP contribution in [0.1, 0.15) is 74.9 Å². The summed E-state index contributed by atoms with van der Waals surface area (Å²) in [5.41, 5.74) is 0.191. The fourth-order valence-electron chi connectivity index (χ4n) is 5.60. The van der Waals surface area contributed by atoms with E-state index in [1.54, 1.807) is 24.8 Å². The highest BCUT2D eigenvalue weighted by atomic mass is 28.4. The summed E-state index contributed by atoms with van der Waals surface area (Å²) >= 11 is 0. The van der Waals surface area contributed by atoms with Crippen LogP contribution in [0.5, 0.6) is 5.75 Å². The number of aromatic nitrogens is 2. The average molecular weight is 665 g/mol. The number of benzene rings is 2. The van der Waals surface area contributed by atoms with Crippen molar-refractivity contribution < 1.29 is 27.9 Å². The van der Waals surface area contributed by atoms with Crippen molar-refractivity contribution in [2.45, 2.75) is 96.9 Å². The minimum Gasteiger partial charge on any atom is -0.481 e. The molecular formula is C35H45FN4O6Si. The first kappa shape index (κ1) is 34.5. The summed E-state index contributed by atoms with van der Waals surface area (Å²) in [4.78, 5) is 47.0. The molecule has 1 fully saturated rings. The number of nitrogens with one attached hydrogen (secondary N) is 1. The van der Waals surface area contributed by atoms with E-state index in [9.17, 15) is 18.8 Å². The van der Waals surface area contributed by atoms with Gasteiger partial charge in [0.15, 0.2) is 14.0 Å². The fourth-order valence-corrected chi connectivity index (χ4v) is 6.64. The highest BCUT2D eigenvalue weighted by Gasteiger charge is 2.41. The van der Waals surface area contributed by atoms with Gasteiger partial charge in [0.05, 0.1) is 31.5 Å². The topological polar surface area (TPSA) is 112 Å². The zero-order valence-electron chi connectivity index (χ0n) is 28.3. The lowest BCUT2D eigenvalue weighted by atomic mass is 10.1. The third kappa shape index (κ3) is 7.34. The third-order valence-corrected chi connectivity index (χ3v) is 13.9. The van der Waals surface area contributed by atoms with Crippen LogP contribution in [0.4, 0.5) is 10.1 Å². The van der Waals surface area contributed by atoms with Crippen LogP contribution in [-0.4, -0.2) is 48.9 Å². The summed E-state index contributed by atoms with van der Waals surface area (Å²) in [6, 6.07) is 13.2. The minimum absolute atomic E-state index is 0.00702. The van der Waals surface area contributed by atoms with Gasteiger partial charge in [-0.05, 0) is 61.7 Å². The summed E-state index contributed by atoms with van der Waals surface area (Å²) in [6.45, 7) is 15.3. The molecule has 1 N–H and O–H groups in total. The van der Waals surface area contributed by atoms with Crippen LogP contribution < -0.4 is 20.5 Å². The van der Waals surface area contributed by atoms with Crippen molar-refractivity contribution >= 4 is 25.8 Å². The van der Waals surface area contributed by atoms with E-state index in [1.807, 2.05) is 30.3 Å². The van der Waals surface area contributed by atoms with Crippen molar-refractivity contribution in [1.29, 1.82) is 0 Å². The Kier molecular flexibility index (Phi) is 9.77. The van der Waals surface area contributed by atoms with Gasteiger partial charge >= 0.3 is 0 Å². The molecule has 2 aliphatic heterocycles. The fraction of sp³-hybridized carbons (Fsp3) is 0.486. The van der Waals surface area contributed by atoms with E-state index in [0.29, 0.717) is 43.1 Å². The molecule has 0 saturated carbocycles. The zero-order chi connectivity index (χ0) is 34.1. The molecule has 0 bridgehead atoms. The van der Waals surface area contributed by atoms with Crippen molar-refractivity contribution in [1.82, 2.24) is 14.9 Å². The van der Waals surface area contributed by atoms with Gasteiger partial charge in [-0.1, -0.05) is 57.2 Å². The molecule has 0 aliphatic carbocycles. The second-order valence-electron chi connectivity index (χ2n) is 14.2. The van der Waals surface area contributed by atoms with Gasteiger partial charge in [-0.3, -0.25) is 19.0 Å². The summed E-state index contributed by atoms with van der Waals surface area (Å²) in [7, 11) is -2.10. The van der Waals surface area contributed by atoms with E-state index in [0.717, 1.165) is 5.56 Å². The van der Waals surface area contributed by atoms with E-state index in [1.165, 1.54) is 16.7 Å². The molecule has 47 heavy (non-hydrogen) atoms. The van der Waals surface area contributed by atoms with Gasteiger partial charge in [0.1, 0.15) is 23.8 Å². The number of anilines is 1. The molecule has 10 nitrogen and oxygen atoms in total. The van der Waals surface area contributed by atoms with Crippen LogP contribution in [-0.2, 0) is 39.3 Å². The number of fused-ring (bicyclic) bond motifs is 1. The third-order valence-electron chi connectivity index (χ3n) is 9.40. The molecule has 1 atom stereocenters. The molecule has 0 spiro atoms. The first-order chi connectivity index (χ1) is 22.1. The summed E-state index contributed by atoms with van der Waals surface area (Å²) in [5.74, 6) is -1.11. The second-order valence-corrected chi connectivity index (χ2v) is 19.0. The number of carbonyl (C=O) groups is 2. The molecule has 5 rings (SSSR count). The highest BCUT2D eigenvalue weighted by Crippen LogP contribution is 2.38. The van der Waals surface area contributed by atoms with Crippen molar-refractivity contribution in [3.63, 3.8) is 0 Å². The predicted molar refractivity (Wildman–Crippen MR) is 179 cm³/mol. The second kappa shape index (κ2) is 13.3. The zero-order valence-corrected chi connectivity index (χ0v) is 29.3. The van der Waals surface area contributed by atoms with Gasteiger partial charge in [-0.25, -0.2) is 9.37 Å². The normalized spacial score (nSPS) is 17.8. The number of hydrogen-bond acceptors (Lipinski definition) is 7. The Morgan fingerprint density at radius 1 is 1.15 bits per heavy atom.